The maximum atomic E-state index is 9.07. The number of hydrogen-bond acceptors (Lipinski definition) is 2. The van der Waals surface area contributed by atoms with Crippen LogP contribution in [0, 0.1) is 0 Å². The molecular weight excluding hydrogens is 339 g/mol. The first-order valence-electron chi connectivity index (χ1n) is 5.12. The van der Waals surface area contributed by atoms with Gasteiger partial charge in [-0.2, -0.15) is 0 Å². The molecule has 94 valence electrons. The molecule has 2 rings (SSSR count). The highest BCUT2D eigenvalue weighted by Gasteiger charge is 2.06. The van der Waals surface area contributed by atoms with E-state index in [2.05, 4.69) is 15.9 Å². The van der Waals surface area contributed by atoms with E-state index in [1.54, 1.807) is 36.4 Å². The van der Waals surface area contributed by atoms with Crippen LogP contribution >= 0.6 is 39.1 Å². The van der Waals surface area contributed by atoms with Crippen molar-refractivity contribution >= 4 is 39.1 Å². The van der Waals surface area contributed by atoms with Crippen LogP contribution in [-0.4, -0.2) is 5.11 Å². The monoisotopic (exact) mass is 346 g/mol. The molecule has 0 fully saturated rings. The van der Waals surface area contributed by atoms with Crippen LogP contribution < -0.4 is 4.74 Å². The fourth-order valence-electron chi connectivity index (χ4n) is 1.40. The molecule has 18 heavy (non-hydrogen) atoms. The smallest absolute Gasteiger partial charge is 0.146 e. The number of aliphatic hydroxyl groups is 1. The zero-order chi connectivity index (χ0) is 13.1. The Kier molecular flexibility index (Phi) is 4.51. The molecule has 0 unspecified atom stereocenters. The van der Waals surface area contributed by atoms with Crippen molar-refractivity contribution in [2.45, 2.75) is 6.61 Å². The number of ether oxygens (including phenoxy) is 1. The van der Waals surface area contributed by atoms with E-state index in [9.17, 15) is 0 Å². The van der Waals surface area contributed by atoms with Gasteiger partial charge >= 0.3 is 0 Å². The van der Waals surface area contributed by atoms with Crippen LogP contribution in [0.4, 0.5) is 0 Å². The Balaban J connectivity index is 2.26. The summed E-state index contributed by atoms with van der Waals surface area (Å²) in [6.45, 7) is -0.0252. The van der Waals surface area contributed by atoms with Crippen LogP contribution in [0.2, 0.25) is 10.0 Å². The van der Waals surface area contributed by atoms with Gasteiger partial charge in [0.25, 0.3) is 0 Å². The lowest BCUT2D eigenvalue weighted by Gasteiger charge is -2.09. The molecule has 0 aliphatic rings. The van der Waals surface area contributed by atoms with E-state index < -0.39 is 0 Å². The van der Waals surface area contributed by atoms with Crippen molar-refractivity contribution in [2.24, 2.45) is 0 Å². The summed E-state index contributed by atoms with van der Waals surface area (Å²) in [5.41, 5.74) is 0.796. The molecule has 0 amide bonds. The summed E-state index contributed by atoms with van der Waals surface area (Å²) >= 11 is 15.2. The van der Waals surface area contributed by atoms with E-state index in [0.717, 1.165) is 10.0 Å². The lowest BCUT2D eigenvalue weighted by Crippen LogP contribution is -1.89. The van der Waals surface area contributed by atoms with Crippen LogP contribution in [0.25, 0.3) is 0 Å². The molecule has 5 heteroatoms. The predicted octanol–water partition coefficient (Wildman–Crippen LogP) is 5.04. The lowest BCUT2D eigenvalue weighted by atomic mass is 10.2. The largest absolute Gasteiger partial charge is 0.456 e. The van der Waals surface area contributed by atoms with Gasteiger partial charge in [-0.25, -0.2) is 0 Å². The molecule has 0 radical (unpaired) electrons. The number of rotatable bonds is 3. The van der Waals surface area contributed by atoms with Crippen LogP contribution in [0.1, 0.15) is 5.56 Å². The van der Waals surface area contributed by atoms with Gasteiger partial charge in [0.15, 0.2) is 0 Å². The highest BCUT2D eigenvalue weighted by molar-refractivity contribution is 9.10. The van der Waals surface area contributed by atoms with Gasteiger partial charge < -0.3 is 9.84 Å². The first-order valence-corrected chi connectivity index (χ1v) is 6.67. The van der Waals surface area contributed by atoms with Gasteiger partial charge in [0, 0.05) is 9.50 Å². The quantitative estimate of drug-likeness (QED) is 0.842. The highest BCUT2D eigenvalue weighted by Crippen LogP contribution is 2.33. The first kappa shape index (κ1) is 13.7. The molecule has 0 aliphatic carbocycles. The number of benzene rings is 2. The van der Waals surface area contributed by atoms with Gasteiger partial charge in [-0.05, 0) is 35.9 Å². The van der Waals surface area contributed by atoms with Gasteiger partial charge in [0.2, 0.25) is 0 Å². The molecule has 0 saturated carbocycles. The van der Waals surface area contributed by atoms with Gasteiger partial charge in [0.1, 0.15) is 11.5 Å². The van der Waals surface area contributed by atoms with Gasteiger partial charge in [-0.1, -0.05) is 45.2 Å². The number of halogens is 3. The normalized spacial score (nSPS) is 10.4. The third-order valence-electron chi connectivity index (χ3n) is 2.32. The predicted molar refractivity (Wildman–Crippen MR) is 76.6 cm³/mol. The molecule has 1 N–H and O–H groups in total. The molecule has 0 heterocycles. The maximum absolute atomic E-state index is 9.07. The Morgan fingerprint density at radius 2 is 1.89 bits per heavy atom. The Labute approximate surface area is 123 Å². The molecule has 0 aliphatic heterocycles. The molecule has 0 aromatic heterocycles. The Morgan fingerprint density at radius 3 is 2.50 bits per heavy atom. The number of hydrogen-bond donors (Lipinski definition) is 1. The maximum Gasteiger partial charge on any atom is 0.146 e. The van der Waals surface area contributed by atoms with Crippen LogP contribution in [0.5, 0.6) is 11.5 Å². The van der Waals surface area contributed by atoms with Crippen LogP contribution in [0.15, 0.2) is 40.9 Å². The van der Waals surface area contributed by atoms with Crippen molar-refractivity contribution in [3.05, 3.63) is 56.5 Å². The summed E-state index contributed by atoms with van der Waals surface area (Å²) in [6.07, 6.45) is 0. The average Bonchev–Trinajstić information content (AvgIpc) is 2.33. The van der Waals surface area contributed by atoms with E-state index in [1.165, 1.54) is 0 Å². The van der Waals surface area contributed by atoms with Crippen molar-refractivity contribution in [3.63, 3.8) is 0 Å². The van der Waals surface area contributed by atoms with E-state index in [-0.39, 0.29) is 6.61 Å². The standard InChI is InChI=1S/C13H9BrCl2O2/c14-11-6-10(3-1-8(11)7-17)18-13-4-2-9(15)5-12(13)16/h1-6,17H,7H2. The fraction of sp³-hybridized carbons (Fsp3) is 0.0769. The number of aliphatic hydroxyl groups excluding tert-OH is 1. The lowest BCUT2D eigenvalue weighted by molar-refractivity contribution is 0.281. The highest BCUT2D eigenvalue weighted by atomic mass is 79.9. The third-order valence-corrected chi connectivity index (χ3v) is 3.59. The molecule has 2 aromatic rings. The van der Waals surface area contributed by atoms with Crippen molar-refractivity contribution in [1.29, 1.82) is 0 Å². The van der Waals surface area contributed by atoms with Crippen LogP contribution in [-0.2, 0) is 6.61 Å². The van der Waals surface area contributed by atoms with E-state index in [1.807, 2.05) is 0 Å². The Hall–Kier alpha value is -0.740. The zero-order valence-electron chi connectivity index (χ0n) is 9.16. The SMILES string of the molecule is OCc1ccc(Oc2ccc(Cl)cc2Cl)cc1Br. The fourth-order valence-corrected chi connectivity index (χ4v) is 2.33. The molecule has 0 atom stereocenters. The minimum absolute atomic E-state index is 0.0252. The Bertz CT molecular complexity index is 573. The summed E-state index contributed by atoms with van der Waals surface area (Å²) in [4.78, 5) is 0. The van der Waals surface area contributed by atoms with Crippen LogP contribution in [0.3, 0.4) is 0 Å². The minimum atomic E-state index is -0.0252. The minimum Gasteiger partial charge on any atom is -0.456 e. The van der Waals surface area contributed by atoms with Crippen molar-refractivity contribution in [3.8, 4) is 11.5 Å². The summed E-state index contributed by atoms with van der Waals surface area (Å²) in [6, 6.07) is 10.4. The average molecular weight is 348 g/mol. The molecule has 0 spiro atoms. The molecule has 0 bridgehead atoms. The van der Waals surface area contributed by atoms with E-state index in [0.29, 0.717) is 21.5 Å². The van der Waals surface area contributed by atoms with Gasteiger partial charge in [-0.15, -0.1) is 0 Å². The molecule has 2 aromatic carbocycles. The van der Waals surface area contributed by atoms with Gasteiger partial charge in [-0.3, -0.25) is 0 Å². The second-order valence-corrected chi connectivity index (χ2v) is 5.29. The Morgan fingerprint density at radius 1 is 1.11 bits per heavy atom. The molecular formula is C13H9BrCl2O2. The van der Waals surface area contributed by atoms with E-state index in [4.69, 9.17) is 33.0 Å². The second-order valence-electron chi connectivity index (χ2n) is 3.59. The summed E-state index contributed by atoms with van der Waals surface area (Å²) < 4.78 is 6.43. The summed E-state index contributed by atoms with van der Waals surface area (Å²) in [7, 11) is 0. The van der Waals surface area contributed by atoms with E-state index >= 15 is 0 Å². The first-order chi connectivity index (χ1) is 8.60. The molecule has 0 saturated heterocycles. The van der Waals surface area contributed by atoms with Crippen molar-refractivity contribution in [1.82, 2.24) is 0 Å². The second kappa shape index (κ2) is 5.93. The molecule has 2 nitrogen and oxygen atoms in total. The van der Waals surface area contributed by atoms with Crippen molar-refractivity contribution in [2.75, 3.05) is 0 Å². The zero-order valence-corrected chi connectivity index (χ0v) is 12.3. The third kappa shape index (κ3) is 3.18. The summed E-state index contributed by atoms with van der Waals surface area (Å²) in [5, 5.41) is 10.1. The van der Waals surface area contributed by atoms with Gasteiger partial charge in [0.05, 0.1) is 11.6 Å². The summed E-state index contributed by atoms with van der Waals surface area (Å²) in [5.74, 6) is 1.16. The topological polar surface area (TPSA) is 29.5 Å². The van der Waals surface area contributed by atoms with Crippen molar-refractivity contribution < 1.29 is 9.84 Å².